The van der Waals surface area contributed by atoms with E-state index in [4.69, 9.17) is 5.73 Å². The van der Waals surface area contributed by atoms with E-state index in [-0.39, 0.29) is 5.92 Å². The van der Waals surface area contributed by atoms with Crippen LogP contribution in [0.15, 0.2) is 24.3 Å². The molecule has 19 heavy (non-hydrogen) atoms. The van der Waals surface area contributed by atoms with Crippen LogP contribution in [0, 0.1) is 17.8 Å². The number of carbonyl (C=O) groups is 1. The van der Waals surface area contributed by atoms with Crippen LogP contribution in [0.1, 0.15) is 44.2 Å². The summed E-state index contributed by atoms with van der Waals surface area (Å²) in [6, 6.07) is 8.04. The molecule has 0 saturated heterocycles. The van der Waals surface area contributed by atoms with Crippen LogP contribution in [-0.2, 0) is 17.8 Å². The van der Waals surface area contributed by atoms with Gasteiger partial charge in [-0.25, -0.2) is 0 Å². The van der Waals surface area contributed by atoms with E-state index in [1.54, 1.807) is 0 Å². The molecule has 1 aliphatic rings. The molecule has 104 valence electrons. The van der Waals surface area contributed by atoms with Gasteiger partial charge < -0.3 is 5.73 Å². The molecule has 0 spiro atoms. The minimum atomic E-state index is 0.254. The lowest BCUT2D eigenvalue weighted by atomic mass is 9.74. The molecule has 2 heteroatoms. The summed E-state index contributed by atoms with van der Waals surface area (Å²) in [5.41, 5.74) is 7.95. The lowest BCUT2D eigenvalue weighted by molar-refractivity contribution is -0.124. The van der Waals surface area contributed by atoms with Gasteiger partial charge in [0.2, 0.25) is 0 Å². The van der Waals surface area contributed by atoms with Crippen molar-refractivity contribution in [2.24, 2.45) is 23.5 Å². The number of nitrogens with two attached hydrogens (primary N) is 1. The van der Waals surface area contributed by atoms with Gasteiger partial charge in [-0.15, -0.1) is 0 Å². The fourth-order valence-corrected chi connectivity index (χ4v) is 3.47. The first kappa shape index (κ1) is 14.3. The molecule has 0 radical (unpaired) electrons. The van der Waals surface area contributed by atoms with Gasteiger partial charge in [-0.05, 0) is 42.2 Å². The van der Waals surface area contributed by atoms with Crippen molar-refractivity contribution >= 4 is 5.78 Å². The van der Waals surface area contributed by atoms with E-state index in [9.17, 15) is 4.79 Å². The van der Waals surface area contributed by atoms with Crippen molar-refractivity contribution in [2.45, 2.75) is 46.1 Å². The average molecular weight is 259 g/mol. The first-order valence-corrected chi connectivity index (χ1v) is 7.39. The third-order valence-electron chi connectivity index (χ3n) is 4.34. The lowest BCUT2D eigenvalue weighted by Gasteiger charge is -2.30. The Hall–Kier alpha value is -1.15. The van der Waals surface area contributed by atoms with Crippen molar-refractivity contribution in [1.29, 1.82) is 0 Å². The van der Waals surface area contributed by atoms with Crippen LogP contribution in [-0.4, -0.2) is 5.78 Å². The molecule has 0 aliphatic heterocycles. The standard InChI is InChI=1S/C17H25NO/c1-12-7-13(2)9-16(8-12)17(19)10-14-5-3-4-6-15(14)11-18/h3-6,12-13,16H,7-11,18H2,1-2H3. The van der Waals surface area contributed by atoms with Crippen LogP contribution in [0.25, 0.3) is 0 Å². The van der Waals surface area contributed by atoms with Crippen molar-refractivity contribution in [3.05, 3.63) is 35.4 Å². The fraction of sp³-hybridized carbons (Fsp3) is 0.588. The average Bonchev–Trinajstić information content (AvgIpc) is 2.38. The lowest BCUT2D eigenvalue weighted by Crippen LogP contribution is -2.27. The quantitative estimate of drug-likeness (QED) is 0.901. The summed E-state index contributed by atoms with van der Waals surface area (Å²) in [4.78, 5) is 12.5. The zero-order valence-electron chi connectivity index (χ0n) is 12.1. The Morgan fingerprint density at radius 1 is 1.11 bits per heavy atom. The Morgan fingerprint density at radius 3 is 2.26 bits per heavy atom. The van der Waals surface area contributed by atoms with E-state index in [1.165, 1.54) is 6.42 Å². The summed E-state index contributed by atoms with van der Waals surface area (Å²) < 4.78 is 0. The maximum absolute atomic E-state index is 12.5. The number of carbonyl (C=O) groups excluding carboxylic acids is 1. The molecule has 1 aromatic rings. The second kappa shape index (κ2) is 6.33. The zero-order valence-corrected chi connectivity index (χ0v) is 12.1. The largest absolute Gasteiger partial charge is 0.326 e. The summed E-state index contributed by atoms with van der Waals surface area (Å²) in [6.45, 7) is 5.05. The molecule has 1 saturated carbocycles. The molecule has 2 rings (SSSR count). The topological polar surface area (TPSA) is 43.1 Å². The van der Waals surface area contributed by atoms with Gasteiger partial charge in [0, 0.05) is 18.9 Å². The maximum Gasteiger partial charge on any atom is 0.140 e. The smallest absolute Gasteiger partial charge is 0.140 e. The van der Waals surface area contributed by atoms with Gasteiger partial charge in [0.15, 0.2) is 0 Å². The van der Waals surface area contributed by atoms with Crippen LogP contribution < -0.4 is 5.73 Å². The third-order valence-corrected chi connectivity index (χ3v) is 4.34. The molecule has 2 atom stereocenters. The predicted octanol–water partition coefficient (Wildman–Crippen LogP) is 3.33. The van der Waals surface area contributed by atoms with Gasteiger partial charge in [-0.1, -0.05) is 38.1 Å². The summed E-state index contributed by atoms with van der Waals surface area (Å²) in [5.74, 6) is 2.02. The molecule has 2 unspecified atom stereocenters. The van der Waals surface area contributed by atoms with E-state index in [0.717, 1.165) is 24.0 Å². The van der Waals surface area contributed by atoms with Crippen molar-refractivity contribution in [2.75, 3.05) is 0 Å². The summed E-state index contributed by atoms with van der Waals surface area (Å²) in [6.07, 6.45) is 3.95. The highest BCUT2D eigenvalue weighted by atomic mass is 16.1. The van der Waals surface area contributed by atoms with Crippen LogP contribution in [0.2, 0.25) is 0 Å². The van der Waals surface area contributed by atoms with Crippen molar-refractivity contribution in [3.8, 4) is 0 Å². The number of ketones is 1. The molecule has 2 N–H and O–H groups in total. The van der Waals surface area contributed by atoms with Crippen LogP contribution in [0.5, 0.6) is 0 Å². The number of hydrogen-bond donors (Lipinski definition) is 1. The molecule has 0 bridgehead atoms. The molecule has 1 fully saturated rings. The number of rotatable bonds is 4. The van der Waals surface area contributed by atoms with Gasteiger partial charge in [-0.2, -0.15) is 0 Å². The van der Waals surface area contributed by atoms with Crippen LogP contribution in [0.4, 0.5) is 0 Å². The van der Waals surface area contributed by atoms with Crippen molar-refractivity contribution in [3.63, 3.8) is 0 Å². The third kappa shape index (κ3) is 3.66. The van der Waals surface area contributed by atoms with Gasteiger partial charge in [0.1, 0.15) is 5.78 Å². The molecule has 0 heterocycles. The Labute approximate surface area is 116 Å². The van der Waals surface area contributed by atoms with Crippen molar-refractivity contribution < 1.29 is 4.79 Å². The summed E-state index contributed by atoms with van der Waals surface area (Å²) >= 11 is 0. The molecule has 0 aromatic heterocycles. The fourth-order valence-electron chi connectivity index (χ4n) is 3.47. The van der Waals surface area contributed by atoms with Gasteiger partial charge >= 0.3 is 0 Å². The second-order valence-corrected chi connectivity index (χ2v) is 6.23. The Morgan fingerprint density at radius 2 is 1.68 bits per heavy atom. The number of hydrogen-bond acceptors (Lipinski definition) is 2. The van der Waals surface area contributed by atoms with Gasteiger partial charge in [0.25, 0.3) is 0 Å². The first-order valence-electron chi connectivity index (χ1n) is 7.39. The molecular weight excluding hydrogens is 234 g/mol. The van der Waals surface area contributed by atoms with E-state index in [0.29, 0.717) is 30.6 Å². The monoisotopic (exact) mass is 259 g/mol. The van der Waals surface area contributed by atoms with Crippen LogP contribution in [0.3, 0.4) is 0 Å². The first-order chi connectivity index (χ1) is 9.10. The summed E-state index contributed by atoms with van der Waals surface area (Å²) in [5, 5.41) is 0. The van der Waals surface area contributed by atoms with Gasteiger partial charge in [-0.3, -0.25) is 4.79 Å². The Balaban J connectivity index is 2.04. The highest BCUT2D eigenvalue weighted by Gasteiger charge is 2.28. The van der Waals surface area contributed by atoms with Crippen molar-refractivity contribution in [1.82, 2.24) is 0 Å². The normalized spacial score (nSPS) is 27.2. The highest BCUT2D eigenvalue weighted by Crippen LogP contribution is 2.34. The maximum atomic E-state index is 12.5. The molecule has 0 amide bonds. The van der Waals surface area contributed by atoms with E-state index >= 15 is 0 Å². The Kier molecular flexibility index (Phi) is 4.76. The van der Waals surface area contributed by atoms with Crippen LogP contribution >= 0.6 is 0 Å². The minimum Gasteiger partial charge on any atom is -0.326 e. The number of benzene rings is 1. The molecule has 1 aliphatic carbocycles. The number of Topliss-reactive ketones (excluding diaryl/α,β-unsaturated/α-hetero) is 1. The van der Waals surface area contributed by atoms with E-state index < -0.39 is 0 Å². The van der Waals surface area contributed by atoms with E-state index in [2.05, 4.69) is 13.8 Å². The highest BCUT2D eigenvalue weighted by molar-refractivity contribution is 5.83. The molecule has 1 aromatic carbocycles. The predicted molar refractivity (Wildman–Crippen MR) is 78.7 cm³/mol. The Bertz CT molecular complexity index is 431. The van der Waals surface area contributed by atoms with Gasteiger partial charge in [0.05, 0.1) is 0 Å². The minimum absolute atomic E-state index is 0.254. The zero-order chi connectivity index (χ0) is 13.8. The summed E-state index contributed by atoms with van der Waals surface area (Å²) in [7, 11) is 0. The molecular formula is C17H25NO. The SMILES string of the molecule is CC1CC(C)CC(C(=O)Cc2ccccc2CN)C1. The second-order valence-electron chi connectivity index (χ2n) is 6.23. The molecule has 2 nitrogen and oxygen atoms in total. The van der Waals surface area contributed by atoms with E-state index in [1.807, 2.05) is 24.3 Å².